The second-order valence-corrected chi connectivity index (χ2v) is 7.25. The van der Waals surface area contributed by atoms with Crippen molar-refractivity contribution < 1.29 is 14.3 Å². The lowest BCUT2D eigenvalue weighted by molar-refractivity contribution is -0.158. The second-order valence-electron chi connectivity index (χ2n) is 6.64. The van der Waals surface area contributed by atoms with Crippen molar-refractivity contribution in [2.75, 3.05) is 19.7 Å². The molecule has 0 spiro atoms. The largest absolute Gasteiger partial charge is 0.466 e. The van der Waals surface area contributed by atoms with E-state index >= 15 is 0 Å². The number of rotatable bonds is 6. The third-order valence-electron chi connectivity index (χ3n) is 4.77. The van der Waals surface area contributed by atoms with Crippen LogP contribution in [0.1, 0.15) is 42.2 Å². The van der Waals surface area contributed by atoms with Gasteiger partial charge in [-0.15, -0.1) is 5.10 Å². The number of esters is 1. The molecule has 142 valence electrons. The van der Waals surface area contributed by atoms with Crippen LogP contribution in [-0.4, -0.2) is 46.1 Å². The Morgan fingerprint density at radius 1 is 1.33 bits per heavy atom. The highest BCUT2D eigenvalue weighted by atomic mass is 32.1. The number of ether oxygens (including phenoxy) is 1. The van der Waals surface area contributed by atoms with Crippen molar-refractivity contribution in [1.29, 1.82) is 0 Å². The topological polar surface area (TPSA) is 72.4 Å². The summed E-state index contributed by atoms with van der Waals surface area (Å²) < 4.78 is 9.13. The summed E-state index contributed by atoms with van der Waals surface area (Å²) in [7, 11) is 0. The molecular formula is C20H23N3O3S. The van der Waals surface area contributed by atoms with E-state index in [0.29, 0.717) is 38.2 Å². The summed E-state index contributed by atoms with van der Waals surface area (Å²) in [4.78, 5) is 27.2. The van der Waals surface area contributed by atoms with Crippen LogP contribution in [0.5, 0.6) is 0 Å². The van der Waals surface area contributed by atoms with Gasteiger partial charge in [0.25, 0.3) is 5.91 Å². The van der Waals surface area contributed by atoms with Crippen molar-refractivity contribution >= 4 is 29.5 Å². The van der Waals surface area contributed by atoms with Gasteiger partial charge in [-0.3, -0.25) is 9.59 Å². The number of benzene rings is 1. The molecule has 0 aliphatic carbocycles. The Labute approximate surface area is 163 Å². The lowest BCUT2D eigenvalue weighted by Crippen LogP contribution is -2.50. The molecule has 27 heavy (non-hydrogen) atoms. The molecule has 1 atom stereocenters. The van der Waals surface area contributed by atoms with Gasteiger partial charge < -0.3 is 9.64 Å². The molecule has 1 fully saturated rings. The van der Waals surface area contributed by atoms with Crippen molar-refractivity contribution in [1.82, 2.24) is 14.5 Å². The van der Waals surface area contributed by atoms with Crippen LogP contribution in [0.15, 0.2) is 41.8 Å². The fourth-order valence-electron chi connectivity index (χ4n) is 3.41. The zero-order valence-corrected chi connectivity index (χ0v) is 16.2. The molecule has 0 radical (unpaired) electrons. The number of hydrogen-bond donors (Lipinski definition) is 0. The molecule has 7 heteroatoms. The van der Waals surface area contributed by atoms with Crippen molar-refractivity contribution in [3.05, 3.63) is 53.0 Å². The first-order chi connectivity index (χ1) is 13.1. The molecule has 2 heterocycles. The lowest BCUT2D eigenvalue weighted by Gasteiger charge is -2.40. The maximum Gasteiger partial charge on any atom is 0.314 e. The van der Waals surface area contributed by atoms with Crippen LogP contribution in [0.25, 0.3) is 6.08 Å². The molecule has 0 unspecified atom stereocenters. The maximum absolute atomic E-state index is 12.8. The highest BCUT2D eigenvalue weighted by molar-refractivity contribution is 7.03. The second kappa shape index (κ2) is 8.90. The van der Waals surface area contributed by atoms with Gasteiger partial charge in [-0.2, -0.15) is 0 Å². The lowest BCUT2D eigenvalue weighted by atomic mass is 9.76. The quantitative estimate of drug-likeness (QED) is 0.713. The molecule has 6 nitrogen and oxygen atoms in total. The average molecular weight is 385 g/mol. The van der Waals surface area contributed by atoms with E-state index < -0.39 is 5.41 Å². The van der Waals surface area contributed by atoms with Crippen LogP contribution in [-0.2, 0) is 9.53 Å². The van der Waals surface area contributed by atoms with Gasteiger partial charge in [0, 0.05) is 18.5 Å². The summed E-state index contributed by atoms with van der Waals surface area (Å²) >= 11 is 1.15. The first kappa shape index (κ1) is 19.2. The summed E-state index contributed by atoms with van der Waals surface area (Å²) in [5.41, 5.74) is 0.687. The average Bonchev–Trinajstić information content (AvgIpc) is 3.23. The van der Waals surface area contributed by atoms with Gasteiger partial charge in [-0.1, -0.05) is 47.0 Å². The Morgan fingerprint density at radius 2 is 2.15 bits per heavy atom. The van der Waals surface area contributed by atoms with E-state index in [-0.39, 0.29) is 11.9 Å². The Kier molecular flexibility index (Phi) is 6.34. The minimum absolute atomic E-state index is 0.177. The number of carbonyl (C=O) groups excluding carboxylic acids is 2. The van der Waals surface area contributed by atoms with Gasteiger partial charge in [0.1, 0.15) is 0 Å². The third kappa shape index (κ3) is 4.60. The van der Waals surface area contributed by atoms with Gasteiger partial charge in [0.2, 0.25) is 0 Å². The monoisotopic (exact) mass is 385 g/mol. The molecule has 1 amide bonds. The van der Waals surface area contributed by atoms with E-state index in [1.807, 2.05) is 42.5 Å². The van der Waals surface area contributed by atoms with Crippen LogP contribution in [0.3, 0.4) is 0 Å². The zero-order valence-electron chi connectivity index (χ0n) is 15.3. The van der Waals surface area contributed by atoms with Crippen molar-refractivity contribution in [2.45, 2.75) is 26.2 Å². The molecule has 0 saturated carbocycles. The van der Waals surface area contributed by atoms with Crippen LogP contribution in [0.4, 0.5) is 0 Å². The van der Waals surface area contributed by atoms with Crippen molar-refractivity contribution in [3.8, 4) is 0 Å². The zero-order chi connectivity index (χ0) is 19.1. The number of amides is 1. The molecule has 1 saturated heterocycles. The normalized spacial score (nSPS) is 20.0. The van der Waals surface area contributed by atoms with E-state index in [9.17, 15) is 9.59 Å². The van der Waals surface area contributed by atoms with E-state index in [4.69, 9.17) is 4.74 Å². The Morgan fingerprint density at radius 3 is 2.85 bits per heavy atom. The van der Waals surface area contributed by atoms with E-state index in [0.717, 1.165) is 23.5 Å². The van der Waals surface area contributed by atoms with Gasteiger partial charge in [0.15, 0.2) is 5.69 Å². The predicted octanol–water partition coefficient (Wildman–Crippen LogP) is 3.43. The van der Waals surface area contributed by atoms with Gasteiger partial charge in [-0.05, 0) is 43.3 Å². The molecule has 1 aliphatic heterocycles. The predicted molar refractivity (Wildman–Crippen MR) is 104 cm³/mol. The first-order valence-corrected chi connectivity index (χ1v) is 9.93. The fourth-order valence-corrected chi connectivity index (χ4v) is 3.84. The Balaban J connectivity index is 1.78. The summed E-state index contributed by atoms with van der Waals surface area (Å²) in [5, 5.41) is 5.51. The molecule has 0 bridgehead atoms. The molecular weight excluding hydrogens is 362 g/mol. The number of allylic oxidation sites excluding steroid dienone is 1. The van der Waals surface area contributed by atoms with Gasteiger partial charge in [0.05, 0.1) is 12.0 Å². The van der Waals surface area contributed by atoms with Crippen molar-refractivity contribution in [2.24, 2.45) is 5.41 Å². The molecule has 1 aromatic heterocycles. The number of aromatic nitrogens is 2. The summed E-state index contributed by atoms with van der Waals surface area (Å²) in [6, 6.07) is 9.95. The number of nitrogens with zero attached hydrogens (tertiary/aromatic N) is 3. The first-order valence-electron chi connectivity index (χ1n) is 9.10. The SMILES string of the molecule is CCOC(=O)[C@@]1(C/C=C/c2ccccc2)CCCN(C(=O)c2csnn2)C1. The van der Waals surface area contributed by atoms with Gasteiger partial charge >= 0.3 is 5.97 Å². The third-order valence-corrected chi connectivity index (χ3v) is 5.27. The number of piperidine rings is 1. The van der Waals surface area contributed by atoms with Crippen LogP contribution in [0.2, 0.25) is 0 Å². The molecule has 1 aliphatic rings. The number of carbonyl (C=O) groups is 2. The van der Waals surface area contributed by atoms with E-state index in [1.165, 1.54) is 0 Å². The minimum Gasteiger partial charge on any atom is -0.466 e. The summed E-state index contributed by atoms with van der Waals surface area (Å²) in [6.45, 7) is 3.08. The standard InChI is InChI=1S/C20H23N3O3S/c1-2-26-19(25)20(11-6-10-16-8-4-3-5-9-16)12-7-13-23(15-20)18(24)17-14-27-22-21-17/h3-6,8-10,14H,2,7,11-13,15H2,1H3/b10-6+/t20-/m0/s1. The number of hydrogen-bond acceptors (Lipinski definition) is 6. The molecule has 2 aromatic rings. The molecule has 3 rings (SSSR count). The Bertz CT molecular complexity index is 792. The van der Waals surface area contributed by atoms with Crippen LogP contribution >= 0.6 is 11.5 Å². The highest BCUT2D eigenvalue weighted by Crippen LogP contribution is 2.36. The van der Waals surface area contributed by atoms with E-state index in [2.05, 4.69) is 9.59 Å². The smallest absolute Gasteiger partial charge is 0.314 e. The summed E-state index contributed by atoms with van der Waals surface area (Å²) in [6.07, 6.45) is 5.99. The Hall–Kier alpha value is -2.54. The highest BCUT2D eigenvalue weighted by Gasteiger charge is 2.44. The summed E-state index contributed by atoms with van der Waals surface area (Å²) in [5.74, 6) is -0.416. The molecule has 0 N–H and O–H groups in total. The molecule has 1 aromatic carbocycles. The maximum atomic E-state index is 12.8. The van der Waals surface area contributed by atoms with E-state index in [1.54, 1.807) is 17.2 Å². The van der Waals surface area contributed by atoms with Crippen LogP contribution in [0, 0.1) is 5.41 Å². The van der Waals surface area contributed by atoms with Gasteiger partial charge in [-0.25, -0.2) is 0 Å². The van der Waals surface area contributed by atoms with Crippen LogP contribution < -0.4 is 0 Å². The van der Waals surface area contributed by atoms with Crippen molar-refractivity contribution in [3.63, 3.8) is 0 Å². The fraction of sp³-hybridized carbons (Fsp3) is 0.400. The number of likely N-dealkylation sites (tertiary alicyclic amines) is 1. The minimum atomic E-state index is -0.724.